The fourth-order valence-electron chi connectivity index (χ4n) is 4.85. The topological polar surface area (TPSA) is 127 Å². The largest absolute Gasteiger partial charge is 0.490 e. The van der Waals surface area contributed by atoms with Crippen molar-refractivity contribution in [2.24, 2.45) is 0 Å². The van der Waals surface area contributed by atoms with Gasteiger partial charge in [0.25, 0.3) is 17.1 Å². The van der Waals surface area contributed by atoms with Crippen molar-refractivity contribution in [3.63, 3.8) is 0 Å². The molecule has 0 atom stereocenters. The van der Waals surface area contributed by atoms with Crippen LogP contribution in [-0.4, -0.2) is 73.9 Å². The van der Waals surface area contributed by atoms with Crippen molar-refractivity contribution in [2.75, 3.05) is 61.6 Å². The van der Waals surface area contributed by atoms with Gasteiger partial charge in [0.15, 0.2) is 18.1 Å². The van der Waals surface area contributed by atoms with Crippen molar-refractivity contribution in [3.8, 4) is 11.5 Å². The van der Waals surface area contributed by atoms with Crippen molar-refractivity contribution >= 4 is 57.9 Å². The molecule has 2 aliphatic rings. The average molecular weight is 631 g/mol. The summed E-state index contributed by atoms with van der Waals surface area (Å²) in [6, 6.07) is 19.9. The lowest BCUT2D eigenvalue weighted by Crippen LogP contribution is -2.38. The van der Waals surface area contributed by atoms with Crippen LogP contribution < -0.4 is 25.0 Å². The summed E-state index contributed by atoms with van der Waals surface area (Å²) >= 11 is 0.762. The van der Waals surface area contributed by atoms with Crippen molar-refractivity contribution < 1.29 is 33.4 Å². The van der Waals surface area contributed by atoms with Crippen LogP contribution in [0.15, 0.2) is 71.6 Å². The number of para-hydroxylation sites is 2. The summed E-state index contributed by atoms with van der Waals surface area (Å²) in [7, 11) is 0. The molecule has 0 aliphatic carbocycles. The van der Waals surface area contributed by atoms with E-state index in [0.29, 0.717) is 61.3 Å². The molecule has 3 aromatic carbocycles. The summed E-state index contributed by atoms with van der Waals surface area (Å²) in [5.74, 6) is -0.629. The van der Waals surface area contributed by atoms with Crippen LogP contribution in [0.5, 0.6) is 11.5 Å². The second kappa shape index (κ2) is 14.8. The first-order valence-electron chi connectivity index (χ1n) is 14.5. The van der Waals surface area contributed by atoms with E-state index >= 15 is 0 Å². The first-order valence-corrected chi connectivity index (χ1v) is 15.4. The first-order chi connectivity index (χ1) is 21.8. The van der Waals surface area contributed by atoms with Crippen LogP contribution in [0, 0.1) is 6.92 Å². The average Bonchev–Trinajstić information content (AvgIpc) is 3.28. The predicted molar refractivity (Wildman–Crippen MR) is 174 cm³/mol. The van der Waals surface area contributed by atoms with Gasteiger partial charge in [-0.05, 0) is 79.2 Å². The van der Waals surface area contributed by atoms with E-state index < -0.39 is 23.6 Å². The highest BCUT2D eigenvalue weighted by atomic mass is 32.2. The number of ether oxygens (including phenoxy) is 3. The number of aryl methyl sites for hydroxylation is 1. The van der Waals surface area contributed by atoms with Crippen molar-refractivity contribution in [1.82, 2.24) is 4.90 Å². The smallest absolute Gasteiger partial charge is 0.294 e. The molecule has 2 aliphatic heterocycles. The molecular weight excluding hydrogens is 596 g/mol. The van der Waals surface area contributed by atoms with E-state index in [1.807, 2.05) is 50.2 Å². The zero-order valence-electron chi connectivity index (χ0n) is 25.0. The number of hydrogen-bond donors (Lipinski definition) is 2. The third-order valence-electron chi connectivity index (χ3n) is 6.93. The minimum atomic E-state index is -0.562. The van der Waals surface area contributed by atoms with Gasteiger partial charge in [0.05, 0.1) is 36.1 Å². The minimum Gasteiger partial charge on any atom is -0.490 e. The highest BCUT2D eigenvalue weighted by Gasteiger charge is 2.36. The number of carbonyl (C=O) groups is 4. The Morgan fingerprint density at radius 2 is 1.73 bits per heavy atom. The van der Waals surface area contributed by atoms with Gasteiger partial charge in [0.2, 0.25) is 5.91 Å². The van der Waals surface area contributed by atoms with Gasteiger partial charge in [-0.15, -0.1) is 0 Å². The maximum atomic E-state index is 13.2. The molecule has 11 nitrogen and oxygen atoms in total. The molecule has 2 fully saturated rings. The summed E-state index contributed by atoms with van der Waals surface area (Å²) in [4.78, 5) is 54.5. The Hall–Kier alpha value is -4.81. The second-order valence-corrected chi connectivity index (χ2v) is 11.3. The quantitative estimate of drug-likeness (QED) is 0.284. The Morgan fingerprint density at radius 3 is 2.51 bits per heavy atom. The molecule has 234 valence electrons. The summed E-state index contributed by atoms with van der Waals surface area (Å²) in [6.07, 6.45) is 1.56. The second-order valence-electron chi connectivity index (χ2n) is 10.3. The molecule has 12 heteroatoms. The maximum Gasteiger partial charge on any atom is 0.294 e. The van der Waals surface area contributed by atoms with E-state index in [0.717, 1.165) is 27.9 Å². The van der Waals surface area contributed by atoms with Gasteiger partial charge >= 0.3 is 0 Å². The van der Waals surface area contributed by atoms with Crippen LogP contribution in [0.1, 0.15) is 18.1 Å². The number of morpholine rings is 1. The molecule has 5 rings (SSSR count). The van der Waals surface area contributed by atoms with Crippen LogP contribution in [0.25, 0.3) is 6.08 Å². The molecular formula is C33H34N4O7S. The highest BCUT2D eigenvalue weighted by molar-refractivity contribution is 8.18. The molecule has 0 aromatic heterocycles. The van der Waals surface area contributed by atoms with Crippen LogP contribution in [-0.2, 0) is 19.1 Å². The number of rotatable bonds is 11. The number of imide groups is 1. The van der Waals surface area contributed by atoms with E-state index in [-0.39, 0.29) is 17.4 Å². The Labute approximate surface area is 265 Å². The number of thioether (sulfide) groups is 1. The van der Waals surface area contributed by atoms with Gasteiger partial charge in [-0.25, -0.2) is 0 Å². The van der Waals surface area contributed by atoms with Crippen LogP contribution in [0.2, 0.25) is 0 Å². The SMILES string of the molecule is CCOc1cc(/C=C2/SC(=O)N(CC(=O)Nc3ccccc3N3CCOCC3)C2=O)ccc1OCC(=O)Nc1cccc(C)c1. The number of carbonyl (C=O) groups excluding carboxylic acids is 4. The molecule has 0 saturated carbocycles. The van der Waals surface area contributed by atoms with Gasteiger partial charge in [0.1, 0.15) is 6.54 Å². The van der Waals surface area contributed by atoms with Gasteiger partial charge in [-0.3, -0.25) is 24.1 Å². The number of amides is 4. The van der Waals surface area contributed by atoms with Crippen molar-refractivity contribution in [3.05, 3.63) is 82.8 Å². The normalized spacial score (nSPS) is 15.7. The summed E-state index contributed by atoms with van der Waals surface area (Å²) in [5.41, 5.74) is 3.74. The number of hydrogen-bond acceptors (Lipinski definition) is 9. The van der Waals surface area contributed by atoms with Gasteiger partial charge < -0.3 is 29.7 Å². The molecule has 2 N–H and O–H groups in total. The fourth-order valence-corrected chi connectivity index (χ4v) is 5.68. The summed E-state index contributed by atoms with van der Waals surface area (Å²) in [6.45, 7) is 6.04. The van der Waals surface area contributed by atoms with Crippen LogP contribution in [0.4, 0.5) is 21.9 Å². The van der Waals surface area contributed by atoms with E-state index in [9.17, 15) is 19.2 Å². The Bertz CT molecular complexity index is 1620. The summed E-state index contributed by atoms with van der Waals surface area (Å²) < 4.78 is 16.9. The standard InChI is InChI=1S/C33H34N4O7S/c1-3-43-28-18-23(11-12-27(28)44-21-31(39)34-24-8-6-7-22(2)17-24)19-29-32(40)37(33(41)45-29)20-30(38)35-25-9-4-5-10-26(25)36-13-15-42-16-14-36/h4-12,17-19H,3,13-16,20-21H2,1-2H3,(H,34,39)(H,35,38)/b29-19+. The van der Waals surface area contributed by atoms with Gasteiger partial charge in [0, 0.05) is 18.8 Å². The monoisotopic (exact) mass is 630 g/mol. The lowest BCUT2D eigenvalue weighted by molar-refractivity contribution is -0.127. The third kappa shape index (κ3) is 8.22. The lowest BCUT2D eigenvalue weighted by atomic mass is 10.2. The molecule has 4 amide bonds. The molecule has 0 spiro atoms. The molecule has 2 saturated heterocycles. The Balaban J connectivity index is 1.22. The molecule has 0 radical (unpaired) electrons. The highest BCUT2D eigenvalue weighted by Crippen LogP contribution is 2.35. The number of anilines is 3. The molecule has 0 bridgehead atoms. The van der Waals surface area contributed by atoms with Crippen LogP contribution >= 0.6 is 11.8 Å². The Morgan fingerprint density at radius 1 is 0.933 bits per heavy atom. The fraction of sp³-hybridized carbons (Fsp3) is 0.273. The zero-order valence-corrected chi connectivity index (χ0v) is 25.9. The molecule has 2 heterocycles. The molecule has 3 aromatic rings. The van der Waals surface area contributed by atoms with E-state index in [1.54, 1.807) is 36.4 Å². The van der Waals surface area contributed by atoms with E-state index in [2.05, 4.69) is 15.5 Å². The number of nitrogens with zero attached hydrogens (tertiary/aromatic N) is 2. The lowest BCUT2D eigenvalue weighted by Gasteiger charge is -2.30. The Kier molecular flexibility index (Phi) is 10.4. The minimum absolute atomic E-state index is 0.176. The zero-order chi connectivity index (χ0) is 31.8. The van der Waals surface area contributed by atoms with Crippen molar-refractivity contribution in [2.45, 2.75) is 13.8 Å². The molecule has 0 unspecified atom stereocenters. The van der Waals surface area contributed by atoms with Gasteiger partial charge in [-0.1, -0.05) is 30.3 Å². The van der Waals surface area contributed by atoms with Crippen molar-refractivity contribution in [1.29, 1.82) is 0 Å². The van der Waals surface area contributed by atoms with E-state index in [1.165, 1.54) is 0 Å². The number of nitrogens with one attached hydrogen (secondary N) is 2. The maximum absolute atomic E-state index is 13.2. The van der Waals surface area contributed by atoms with E-state index in [4.69, 9.17) is 14.2 Å². The molecule has 45 heavy (non-hydrogen) atoms. The third-order valence-corrected chi connectivity index (χ3v) is 7.84. The number of benzene rings is 3. The van der Waals surface area contributed by atoms with Crippen LogP contribution in [0.3, 0.4) is 0 Å². The first kappa shape index (κ1) is 31.6. The summed E-state index contributed by atoms with van der Waals surface area (Å²) in [5, 5.41) is 5.11. The van der Waals surface area contributed by atoms with Gasteiger partial charge in [-0.2, -0.15) is 0 Å². The predicted octanol–water partition coefficient (Wildman–Crippen LogP) is 4.92.